The summed E-state index contributed by atoms with van der Waals surface area (Å²) in [5, 5.41) is 7.91. The molecule has 1 heterocycles. The Morgan fingerprint density at radius 2 is 1.86 bits per heavy atom. The highest BCUT2D eigenvalue weighted by molar-refractivity contribution is 7.80. The third-order valence-corrected chi connectivity index (χ3v) is 4.58. The number of ether oxygens (including phenoxy) is 2. The Labute approximate surface area is 171 Å². The van der Waals surface area contributed by atoms with Gasteiger partial charge in [0.05, 0.1) is 19.4 Å². The summed E-state index contributed by atoms with van der Waals surface area (Å²) in [5.74, 6) is 0.781. The summed E-state index contributed by atoms with van der Waals surface area (Å²) in [5.41, 5.74) is 4.87. The molecule has 0 spiro atoms. The van der Waals surface area contributed by atoms with Crippen molar-refractivity contribution in [3.63, 3.8) is 0 Å². The molecule has 2 aromatic rings. The van der Waals surface area contributed by atoms with Gasteiger partial charge >= 0.3 is 0 Å². The monoisotopic (exact) mass is 398 g/mol. The third kappa shape index (κ3) is 6.92. The molecule has 0 unspecified atom stereocenters. The van der Waals surface area contributed by atoms with Crippen molar-refractivity contribution in [3.8, 4) is 5.75 Å². The highest BCUT2D eigenvalue weighted by Gasteiger charge is 2.09. The molecule has 0 bridgehead atoms. The van der Waals surface area contributed by atoms with E-state index in [2.05, 4.69) is 20.7 Å². The molecule has 2 aromatic carbocycles. The predicted octanol–water partition coefficient (Wildman–Crippen LogP) is 2.40. The second kappa shape index (κ2) is 11.4. The summed E-state index contributed by atoms with van der Waals surface area (Å²) in [7, 11) is 0. The smallest absolute Gasteiger partial charge is 0.187 e. The van der Waals surface area contributed by atoms with Gasteiger partial charge in [-0.3, -0.25) is 10.3 Å². The van der Waals surface area contributed by atoms with E-state index in [0.29, 0.717) is 11.7 Å². The van der Waals surface area contributed by atoms with E-state index in [9.17, 15) is 0 Å². The maximum absolute atomic E-state index is 5.93. The average molecular weight is 399 g/mol. The van der Waals surface area contributed by atoms with Crippen molar-refractivity contribution in [1.82, 2.24) is 15.6 Å². The van der Waals surface area contributed by atoms with Gasteiger partial charge in [0.1, 0.15) is 12.4 Å². The van der Waals surface area contributed by atoms with Crippen LogP contribution in [0.1, 0.15) is 11.1 Å². The molecule has 1 aliphatic heterocycles. The zero-order chi connectivity index (χ0) is 19.4. The van der Waals surface area contributed by atoms with Crippen LogP contribution < -0.4 is 15.5 Å². The van der Waals surface area contributed by atoms with Crippen molar-refractivity contribution < 1.29 is 9.47 Å². The number of nitrogens with one attached hydrogen (secondary N) is 2. The number of para-hydroxylation sites is 1. The van der Waals surface area contributed by atoms with E-state index >= 15 is 0 Å². The first kappa shape index (κ1) is 20.3. The van der Waals surface area contributed by atoms with Gasteiger partial charge < -0.3 is 14.8 Å². The molecule has 0 aromatic heterocycles. The van der Waals surface area contributed by atoms with Crippen LogP contribution in [0.5, 0.6) is 5.75 Å². The van der Waals surface area contributed by atoms with Crippen LogP contribution >= 0.6 is 12.2 Å². The van der Waals surface area contributed by atoms with E-state index in [4.69, 9.17) is 21.7 Å². The van der Waals surface area contributed by atoms with E-state index in [0.717, 1.165) is 56.3 Å². The van der Waals surface area contributed by atoms with E-state index < -0.39 is 0 Å². The van der Waals surface area contributed by atoms with Crippen LogP contribution in [0.2, 0.25) is 0 Å². The molecule has 0 aliphatic carbocycles. The molecule has 7 heteroatoms. The molecule has 1 saturated heterocycles. The number of morpholine rings is 1. The number of nitrogens with zero attached hydrogens (tertiary/aromatic N) is 2. The highest BCUT2D eigenvalue weighted by Crippen LogP contribution is 2.17. The van der Waals surface area contributed by atoms with Gasteiger partial charge in [-0.2, -0.15) is 5.10 Å². The minimum absolute atomic E-state index is 0.507. The molecule has 0 saturated carbocycles. The predicted molar refractivity (Wildman–Crippen MR) is 116 cm³/mol. The fourth-order valence-electron chi connectivity index (χ4n) is 2.81. The van der Waals surface area contributed by atoms with Crippen molar-refractivity contribution in [1.29, 1.82) is 0 Å². The lowest BCUT2D eigenvalue weighted by Gasteiger charge is -2.26. The standard InChI is InChI=1S/C21H26N4O2S/c28-21(22-10-11-25-12-14-26-15-13-25)24-23-16-19-8-4-5-9-20(19)27-17-18-6-2-1-3-7-18/h1-9,16H,10-15,17H2,(H2,22,24,28)/b23-16-. The van der Waals surface area contributed by atoms with E-state index in [1.165, 1.54) is 0 Å². The van der Waals surface area contributed by atoms with Crippen LogP contribution in [-0.4, -0.2) is 55.6 Å². The molecule has 6 nitrogen and oxygen atoms in total. The van der Waals surface area contributed by atoms with Gasteiger partial charge in [-0.25, -0.2) is 0 Å². The molecule has 2 N–H and O–H groups in total. The first-order chi connectivity index (χ1) is 13.8. The first-order valence-corrected chi connectivity index (χ1v) is 9.85. The summed E-state index contributed by atoms with van der Waals surface area (Å²) in [6.45, 7) is 5.78. The van der Waals surface area contributed by atoms with Crippen LogP contribution in [-0.2, 0) is 11.3 Å². The maximum Gasteiger partial charge on any atom is 0.187 e. The second-order valence-corrected chi connectivity index (χ2v) is 6.80. The van der Waals surface area contributed by atoms with Crippen molar-refractivity contribution in [2.24, 2.45) is 5.10 Å². The van der Waals surface area contributed by atoms with Gasteiger partial charge in [-0.05, 0) is 29.9 Å². The molecule has 0 radical (unpaired) electrons. The number of hydrogen-bond acceptors (Lipinski definition) is 5. The zero-order valence-corrected chi connectivity index (χ0v) is 16.7. The summed E-state index contributed by atoms with van der Waals surface area (Å²) < 4.78 is 11.3. The van der Waals surface area contributed by atoms with Gasteiger partial charge in [0.15, 0.2) is 5.11 Å². The maximum atomic E-state index is 5.93. The summed E-state index contributed by atoms with van der Waals surface area (Å²) in [4.78, 5) is 2.35. The number of rotatable bonds is 8. The fourth-order valence-corrected chi connectivity index (χ4v) is 2.96. The molecule has 1 fully saturated rings. The van der Waals surface area contributed by atoms with Gasteiger partial charge in [-0.15, -0.1) is 0 Å². The van der Waals surface area contributed by atoms with Crippen molar-refractivity contribution in [2.75, 3.05) is 39.4 Å². The van der Waals surface area contributed by atoms with Gasteiger partial charge in [0, 0.05) is 31.7 Å². The molecule has 0 atom stereocenters. The Bertz CT molecular complexity index is 764. The van der Waals surface area contributed by atoms with Crippen LogP contribution in [0.4, 0.5) is 0 Å². The Kier molecular flexibility index (Phi) is 8.24. The van der Waals surface area contributed by atoms with Crippen LogP contribution in [0.3, 0.4) is 0 Å². The minimum atomic E-state index is 0.507. The minimum Gasteiger partial charge on any atom is -0.488 e. The Hall–Kier alpha value is -2.48. The van der Waals surface area contributed by atoms with Crippen LogP contribution in [0.25, 0.3) is 0 Å². The average Bonchev–Trinajstić information content (AvgIpc) is 2.74. The number of benzene rings is 2. The molecule has 148 valence electrons. The Balaban J connectivity index is 1.42. The Morgan fingerprint density at radius 1 is 1.11 bits per heavy atom. The van der Waals surface area contributed by atoms with Crippen LogP contribution in [0, 0.1) is 0 Å². The van der Waals surface area contributed by atoms with E-state index in [1.807, 2.05) is 54.6 Å². The largest absolute Gasteiger partial charge is 0.488 e. The summed E-state index contributed by atoms with van der Waals surface area (Å²) in [6, 6.07) is 17.9. The SMILES string of the molecule is S=C(NCCN1CCOCC1)N/N=C\c1ccccc1OCc1ccccc1. The number of thiocarbonyl (C=S) groups is 1. The second-order valence-electron chi connectivity index (χ2n) is 6.39. The first-order valence-electron chi connectivity index (χ1n) is 9.44. The van der Waals surface area contributed by atoms with E-state index in [1.54, 1.807) is 6.21 Å². The van der Waals surface area contributed by atoms with Gasteiger partial charge in [-0.1, -0.05) is 42.5 Å². The lowest BCUT2D eigenvalue weighted by molar-refractivity contribution is 0.0389. The lowest BCUT2D eigenvalue weighted by Crippen LogP contribution is -2.42. The quantitative estimate of drug-likeness (QED) is 0.405. The van der Waals surface area contributed by atoms with Crippen LogP contribution in [0.15, 0.2) is 59.7 Å². The molecule has 28 heavy (non-hydrogen) atoms. The topological polar surface area (TPSA) is 58.1 Å². The van der Waals surface area contributed by atoms with Crippen molar-refractivity contribution >= 4 is 23.5 Å². The Morgan fingerprint density at radius 3 is 2.68 bits per heavy atom. The van der Waals surface area contributed by atoms with Gasteiger partial charge in [0.2, 0.25) is 0 Å². The molecular formula is C21H26N4O2S. The normalized spacial score (nSPS) is 14.7. The van der Waals surface area contributed by atoms with Crippen molar-refractivity contribution in [3.05, 3.63) is 65.7 Å². The zero-order valence-electron chi connectivity index (χ0n) is 15.8. The highest BCUT2D eigenvalue weighted by atomic mass is 32.1. The van der Waals surface area contributed by atoms with E-state index in [-0.39, 0.29) is 0 Å². The van der Waals surface area contributed by atoms with Crippen molar-refractivity contribution in [2.45, 2.75) is 6.61 Å². The summed E-state index contributed by atoms with van der Waals surface area (Å²) >= 11 is 5.27. The molecular weight excluding hydrogens is 372 g/mol. The third-order valence-electron chi connectivity index (χ3n) is 4.34. The summed E-state index contributed by atoms with van der Waals surface area (Å²) in [6.07, 6.45) is 1.72. The lowest BCUT2D eigenvalue weighted by atomic mass is 10.2. The number of hydrogen-bond donors (Lipinski definition) is 2. The van der Waals surface area contributed by atoms with Gasteiger partial charge in [0.25, 0.3) is 0 Å². The fraction of sp³-hybridized carbons (Fsp3) is 0.333. The number of hydrazone groups is 1. The molecule has 3 rings (SSSR count). The molecule has 1 aliphatic rings. The molecule has 0 amide bonds.